The van der Waals surface area contributed by atoms with Crippen molar-refractivity contribution in [1.82, 2.24) is 5.32 Å². The van der Waals surface area contributed by atoms with Crippen molar-refractivity contribution in [3.8, 4) is 0 Å². The summed E-state index contributed by atoms with van der Waals surface area (Å²) in [5.41, 5.74) is 1.44. The van der Waals surface area contributed by atoms with Gasteiger partial charge in [0.15, 0.2) is 0 Å². The Bertz CT molecular complexity index is 623. The molecule has 0 heterocycles. The quantitative estimate of drug-likeness (QED) is 0.732. The van der Waals surface area contributed by atoms with E-state index in [1.54, 1.807) is 7.05 Å². The fourth-order valence-corrected chi connectivity index (χ4v) is 3.47. The Balaban J connectivity index is 2.58. The maximum atomic E-state index is 13.2. The standard InChI is InChI=1S/C22H30N2O/c1-5-24(4,6-2)18-17-22(21(25)23-3,19-13-9-7-10-14-19)20-15-11-8-12-16-20/h7-16H,5-6,17-18H2,1-4H3/p+1. The molecule has 1 N–H and O–H groups in total. The van der Waals surface area contributed by atoms with E-state index in [-0.39, 0.29) is 5.91 Å². The largest absolute Gasteiger partial charge is 0.358 e. The average Bonchev–Trinajstić information content (AvgIpc) is 2.69. The van der Waals surface area contributed by atoms with Crippen molar-refractivity contribution >= 4 is 5.91 Å². The molecule has 1 amide bonds. The highest BCUT2D eigenvalue weighted by molar-refractivity contribution is 5.92. The third-order valence-electron chi connectivity index (χ3n) is 5.70. The Kier molecular flexibility index (Phi) is 6.38. The van der Waals surface area contributed by atoms with E-state index in [4.69, 9.17) is 0 Å². The molecule has 3 heteroatoms. The molecule has 0 radical (unpaired) electrons. The molecular formula is C22H31N2O+. The van der Waals surface area contributed by atoms with E-state index in [0.717, 1.165) is 41.7 Å². The van der Waals surface area contributed by atoms with Gasteiger partial charge in [-0.05, 0) is 25.0 Å². The number of carbonyl (C=O) groups is 1. The Morgan fingerprint density at radius 2 is 1.36 bits per heavy atom. The topological polar surface area (TPSA) is 29.1 Å². The predicted molar refractivity (Wildman–Crippen MR) is 104 cm³/mol. The lowest BCUT2D eigenvalue weighted by molar-refractivity contribution is -0.906. The molecule has 0 fully saturated rings. The van der Waals surface area contributed by atoms with Gasteiger partial charge in [0.05, 0.1) is 26.7 Å². The maximum Gasteiger partial charge on any atom is 0.235 e. The van der Waals surface area contributed by atoms with Crippen LogP contribution < -0.4 is 5.32 Å². The lowest BCUT2D eigenvalue weighted by atomic mass is 9.71. The SMILES string of the molecule is CC[N+](C)(CC)CCC(C(=O)NC)(c1ccccc1)c1ccccc1. The van der Waals surface area contributed by atoms with E-state index in [9.17, 15) is 4.79 Å². The predicted octanol–water partition coefficient (Wildman–Crippen LogP) is 3.60. The van der Waals surface area contributed by atoms with Crippen LogP contribution in [0.4, 0.5) is 0 Å². The van der Waals surface area contributed by atoms with E-state index in [1.165, 1.54) is 0 Å². The Morgan fingerprint density at radius 1 is 0.920 bits per heavy atom. The molecule has 0 aliphatic heterocycles. The molecule has 0 unspecified atom stereocenters. The van der Waals surface area contributed by atoms with Gasteiger partial charge in [-0.3, -0.25) is 4.79 Å². The number of hydrogen-bond acceptors (Lipinski definition) is 1. The smallest absolute Gasteiger partial charge is 0.235 e. The van der Waals surface area contributed by atoms with Crippen LogP contribution in [0.25, 0.3) is 0 Å². The van der Waals surface area contributed by atoms with Crippen LogP contribution in [0.2, 0.25) is 0 Å². The molecule has 0 saturated carbocycles. The van der Waals surface area contributed by atoms with Gasteiger partial charge in [-0.2, -0.15) is 0 Å². The fourth-order valence-electron chi connectivity index (χ4n) is 3.47. The van der Waals surface area contributed by atoms with Crippen LogP contribution in [0.1, 0.15) is 31.4 Å². The molecule has 0 aliphatic rings. The minimum Gasteiger partial charge on any atom is -0.358 e. The molecule has 0 saturated heterocycles. The van der Waals surface area contributed by atoms with E-state index in [2.05, 4.69) is 50.5 Å². The maximum absolute atomic E-state index is 13.2. The average molecular weight is 340 g/mol. The molecule has 0 aromatic heterocycles. The van der Waals surface area contributed by atoms with Crippen molar-refractivity contribution in [2.24, 2.45) is 0 Å². The fraction of sp³-hybridized carbons (Fsp3) is 0.409. The summed E-state index contributed by atoms with van der Waals surface area (Å²) in [5, 5.41) is 2.93. The van der Waals surface area contributed by atoms with Gasteiger partial charge in [-0.1, -0.05) is 60.7 Å². The van der Waals surface area contributed by atoms with Gasteiger partial charge in [0.1, 0.15) is 5.41 Å². The van der Waals surface area contributed by atoms with Crippen LogP contribution >= 0.6 is 0 Å². The minimum atomic E-state index is -0.666. The summed E-state index contributed by atoms with van der Waals surface area (Å²) in [6.07, 6.45) is 0.777. The number of nitrogens with zero attached hydrogens (tertiary/aromatic N) is 1. The second kappa shape index (κ2) is 8.30. The Morgan fingerprint density at radius 3 is 1.72 bits per heavy atom. The molecule has 2 aromatic rings. The minimum absolute atomic E-state index is 0.0589. The van der Waals surface area contributed by atoms with Crippen molar-refractivity contribution in [1.29, 1.82) is 0 Å². The summed E-state index contributed by atoms with van der Waals surface area (Å²) in [7, 11) is 4.00. The molecule has 2 aromatic carbocycles. The third-order valence-corrected chi connectivity index (χ3v) is 5.70. The van der Waals surface area contributed by atoms with Crippen LogP contribution in [0.5, 0.6) is 0 Å². The first-order valence-electron chi connectivity index (χ1n) is 9.19. The summed E-state index contributed by atoms with van der Waals surface area (Å²) in [5.74, 6) is 0.0589. The summed E-state index contributed by atoms with van der Waals surface area (Å²) in [6.45, 7) is 7.50. The van der Waals surface area contributed by atoms with Gasteiger partial charge in [0.25, 0.3) is 0 Å². The number of quaternary nitrogens is 1. The molecule has 0 atom stereocenters. The summed E-state index contributed by atoms with van der Waals surface area (Å²) in [6, 6.07) is 20.4. The van der Waals surface area contributed by atoms with Crippen molar-refractivity contribution < 1.29 is 9.28 Å². The van der Waals surface area contributed by atoms with Crippen LogP contribution in [0.15, 0.2) is 60.7 Å². The zero-order valence-electron chi connectivity index (χ0n) is 16.0. The van der Waals surface area contributed by atoms with Crippen molar-refractivity contribution in [3.05, 3.63) is 71.8 Å². The molecule has 0 aliphatic carbocycles. The number of rotatable bonds is 8. The van der Waals surface area contributed by atoms with E-state index >= 15 is 0 Å². The Labute approximate surface area is 152 Å². The van der Waals surface area contributed by atoms with Crippen LogP contribution in [0.3, 0.4) is 0 Å². The van der Waals surface area contributed by atoms with Gasteiger partial charge >= 0.3 is 0 Å². The monoisotopic (exact) mass is 339 g/mol. The van der Waals surface area contributed by atoms with Gasteiger partial charge in [0.2, 0.25) is 5.91 Å². The van der Waals surface area contributed by atoms with Crippen LogP contribution in [-0.2, 0) is 10.2 Å². The van der Waals surface area contributed by atoms with Gasteiger partial charge in [-0.15, -0.1) is 0 Å². The second-order valence-corrected chi connectivity index (χ2v) is 6.94. The van der Waals surface area contributed by atoms with Gasteiger partial charge < -0.3 is 9.80 Å². The van der Waals surface area contributed by atoms with Crippen LogP contribution in [0, 0.1) is 0 Å². The highest BCUT2D eigenvalue weighted by Gasteiger charge is 2.42. The summed E-state index contributed by atoms with van der Waals surface area (Å²) in [4.78, 5) is 13.2. The zero-order chi connectivity index (χ0) is 18.3. The molecule has 0 bridgehead atoms. The Hall–Kier alpha value is -2.13. The van der Waals surface area contributed by atoms with E-state index < -0.39 is 5.41 Å². The number of benzene rings is 2. The lowest BCUT2D eigenvalue weighted by Gasteiger charge is -2.38. The number of likely N-dealkylation sites (N-methyl/N-ethyl adjacent to an activating group) is 1. The highest BCUT2D eigenvalue weighted by atomic mass is 16.2. The molecule has 134 valence electrons. The number of carbonyl (C=O) groups excluding carboxylic acids is 1. The van der Waals surface area contributed by atoms with Crippen molar-refractivity contribution in [2.75, 3.05) is 33.7 Å². The zero-order valence-corrected chi connectivity index (χ0v) is 16.0. The summed E-state index contributed by atoms with van der Waals surface area (Å²) < 4.78 is 0.957. The van der Waals surface area contributed by atoms with Gasteiger partial charge in [0, 0.05) is 13.5 Å². The van der Waals surface area contributed by atoms with Crippen LogP contribution in [-0.4, -0.2) is 44.1 Å². The van der Waals surface area contributed by atoms with Gasteiger partial charge in [-0.25, -0.2) is 0 Å². The van der Waals surface area contributed by atoms with Crippen molar-refractivity contribution in [3.63, 3.8) is 0 Å². The molecule has 3 nitrogen and oxygen atoms in total. The molecule has 0 spiro atoms. The first-order valence-corrected chi connectivity index (χ1v) is 9.19. The normalized spacial score (nSPS) is 12.0. The number of amides is 1. The van der Waals surface area contributed by atoms with E-state index in [0.29, 0.717) is 0 Å². The van der Waals surface area contributed by atoms with E-state index in [1.807, 2.05) is 36.4 Å². The first-order chi connectivity index (χ1) is 12.0. The third kappa shape index (κ3) is 3.93. The number of nitrogens with one attached hydrogen (secondary N) is 1. The highest BCUT2D eigenvalue weighted by Crippen LogP contribution is 2.37. The molecular weight excluding hydrogens is 308 g/mol. The first kappa shape index (κ1) is 19.2. The summed E-state index contributed by atoms with van der Waals surface area (Å²) >= 11 is 0. The lowest BCUT2D eigenvalue weighted by Crippen LogP contribution is -2.51. The number of hydrogen-bond donors (Lipinski definition) is 1. The second-order valence-electron chi connectivity index (χ2n) is 6.94. The molecule has 2 rings (SSSR count). The van der Waals surface area contributed by atoms with Crippen molar-refractivity contribution in [2.45, 2.75) is 25.7 Å². The molecule has 25 heavy (non-hydrogen) atoms.